The van der Waals surface area contributed by atoms with Gasteiger partial charge in [0.2, 0.25) is 6.79 Å². The predicted molar refractivity (Wildman–Crippen MR) is 169 cm³/mol. The molecule has 5 atom stereocenters. The van der Waals surface area contributed by atoms with Crippen molar-refractivity contribution in [2.45, 2.75) is 76.7 Å². The lowest BCUT2D eigenvalue weighted by molar-refractivity contribution is -0.305. The average Bonchev–Trinajstić information content (AvgIpc) is 3.86. The van der Waals surface area contributed by atoms with Crippen LogP contribution in [0.4, 0.5) is 4.79 Å². The van der Waals surface area contributed by atoms with Crippen molar-refractivity contribution in [1.29, 1.82) is 0 Å². The van der Waals surface area contributed by atoms with Gasteiger partial charge in [-0.15, -0.1) is 11.3 Å². The van der Waals surface area contributed by atoms with Crippen LogP contribution in [0.3, 0.4) is 0 Å². The maximum atomic E-state index is 13.7. The maximum absolute atomic E-state index is 13.7. The number of nitrogens with zero attached hydrogens (tertiary/aromatic N) is 2. The summed E-state index contributed by atoms with van der Waals surface area (Å²) in [4.78, 5) is 32.1. The Labute approximate surface area is 281 Å². The molecule has 1 aromatic heterocycles. The fourth-order valence-corrected chi connectivity index (χ4v) is 6.66. The van der Waals surface area contributed by atoms with Crippen molar-refractivity contribution in [1.82, 2.24) is 15.2 Å². The van der Waals surface area contributed by atoms with Gasteiger partial charge in [0.1, 0.15) is 24.6 Å². The van der Waals surface area contributed by atoms with E-state index in [0.29, 0.717) is 35.8 Å². The van der Waals surface area contributed by atoms with Crippen LogP contribution >= 0.6 is 11.3 Å². The van der Waals surface area contributed by atoms with E-state index in [2.05, 4.69) is 10.3 Å². The number of ether oxygens (including phenoxy) is 6. The number of aromatic nitrogens is 1. The summed E-state index contributed by atoms with van der Waals surface area (Å²) in [7, 11) is 0. The van der Waals surface area contributed by atoms with Gasteiger partial charge in [-0.1, -0.05) is 12.1 Å². The maximum Gasteiger partial charge on any atom is 0.407 e. The molecule has 0 aliphatic carbocycles. The SMILES string of the molecule is Cc1nc(COc2ccc(CC(NC(=O)OC3COC4OCCC34)C(O)C(O)(O)N(C(=O)c3ccc4c(c3)OCO4)C(C)C)cc2)cs1. The van der Waals surface area contributed by atoms with Gasteiger partial charge in [-0.3, -0.25) is 9.69 Å². The second kappa shape index (κ2) is 14.2. The van der Waals surface area contributed by atoms with E-state index in [-0.39, 0.29) is 37.9 Å². The molecule has 15 heteroatoms. The van der Waals surface area contributed by atoms with Crippen molar-refractivity contribution >= 4 is 23.3 Å². The smallest absolute Gasteiger partial charge is 0.407 e. The number of carbonyl (C=O) groups is 2. The monoisotopic (exact) mass is 685 g/mol. The summed E-state index contributed by atoms with van der Waals surface area (Å²) < 4.78 is 33.3. The molecule has 0 radical (unpaired) electrons. The van der Waals surface area contributed by atoms with Gasteiger partial charge >= 0.3 is 6.09 Å². The van der Waals surface area contributed by atoms with Crippen LogP contribution in [0.15, 0.2) is 47.8 Å². The van der Waals surface area contributed by atoms with Crippen LogP contribution in [0, 0.1) is 12.8 Å². The molecule has 2 amide bonds. The van der Waals surface area contributed by atoms with Crippen LogP contribution in [0.25, 0.3) is 0 Å². The molecule has 0 bridgehead atoms. The number of thiazole rings is 1. The number of aliphatic hydroxyl groups excluding tert-OH is 1. The van der Waals surface area contributed by atoms with Crippen molar-refractivity contribution < 1.29 is 53.3 Å². The van der Waals surface area contributed by atoms with E-state index in [1.165, 1.54) is 23.5 Å². The quantitative estimate of drug-likeness (QED) is 0.205. The molecule has 3 aliphatic heterocycles. The lowest BCUT2D eigenvalue weighted by Crippen LogP contribution is -2.67. The Hall–Kier alpha value is -3.99. The highest BCUT2D eigenvalue weighted by Gasteiger charge is 2.49. The number of hydrogen-bond donors (Lipinski definition) is 4. The highest BCUT2D eigenvalue weighted by atomic mass is 32.1. The molecule has 4 N–H and O–H groups in total. The third kappa shape index (κ3) is 7.36. The molecule has 0 saturated carbocycles. The van der Waals surface area contributed by atoms with Crippen LogP contribution in [0.5, 0.6) is 17.2 Å². The van der Waals surface area contributed by atoms with Gasteiger partial charge in [0.05, 0.1) is 35.9 Å². The first-order chi connectivity index (χ1) is 23.0. The van der Waals surface area contributed by atoms with Gasteiger partial charge < -0.3 is 49.1 Å². The highest BCUT2D eigenvalue weighted by Crippen LogP contribution is 2.35. The minimum Gasteiger partial charge on any atom is -0.487 e. The van der Waals surface area contributed by atoms with E-state index in [1.807, 2.05) is 12.3 Å². The Morgan fingerprint density at radius 1 is 1.12 bits per heavy atom. The molecule has 0 spiro atoms. The van der Waals surface area contributed by atoms with E-state index in [0.717, 1.165) is 15.6 Å². The number of aryl methyl sites for hydroxylation is 1. The molecule has 258 valence electrons. The van der Waals surface area contributed by atoms with E-state index in [1.54, 1.807) is 44.2 Å². The van der Waals surface area contributed by atoms with Crippen molar-refractivity contribution in [2.75, 3.05) is 20.0 Å². The summed E-state index contributed by atoms with van der Waals surface area (Å²) in [5.74, 6) is -2.72. The molecule has 2 fully saturated rings. The van der Waals surface area contributed by atoms with Crippen molar-refractivity contribution in [3.05, 3.63) is 69.7 Å². The van der Waals surface area contributed by atoms with Gasteiger partial charge in [-0.2, -0.15) is 0 Å². The number of alkyl carbamates (subject to hydrolysis) is 1. The van der Waals surface area contributed by atoms with Crippen molar-refractivity contribution in [3.8, 4) is 17.2 Å². The Bertz CT molecular complexity index is 1600. The summed E-state index contributed by atoms with van der Waals surface area (Å²) in [6.45, 7) is 5.97. The standard InChI is InChI=1S/C33H39N3O11S/c1-18(2)36(30(38)21-6-9-26-27(13-21)46-17-45-26)33(40,41)29(37)25(35-32(39)47-28-15-44-31-24(28)10-11-42-31)12-20-4-7-23(8-5-20)43-14-22-16-48-19(3)34-22/h4-9,13,16,18,24-25,28-29,31,37,40-41H,10-12,14-15,17H2,1-3H3,(H,35,39). The Morgan fingerprint density at radius 2 is 1.90 bits per heavy atom. The molecule has 6 rings (SSSR count). The summed E-state index contributed by atoms with van der Waals surface area (Å²) in [6.07, 6.45) is -3.43. The van der Waals surface area contributed by atoms with Gasteiger partial charge in [0, 0.05) is 17.0 Å². The number of rotatable bonds is 12. The molecular weight excluding hydrogens is 646 g/mol. The number of nitrogens with one attached hydrogen (secondary N) is 1. The zero-order valence-electron chi connectivity index (χ0n) is 26.7. The number of fused-ring (bicyclic) bond motifs is 2. The van der Waals surface area contributed by atoms with E-state index < -0.39 is 48.5 Å². The first-order valence-electron chi connectivity index (χ1n) is 15.7. The summed E-state index contributed by atoms with van der Waals surface area (Å²) >= 11 is 1.53. The van der Waals surface area contributed by atoms with Crippen LogP contribution in [0.2, 0.25) is 0 Å². The predicted octanol–water partition coefficient (Wildman–Crippen LogP) is 2.71. The first kappa shape index (κ1) is 33.9. The first-order valence-corrected chi connectivity index (χ1v) is 16.6. The van der Waals surface area contributed by atoms with E-state index >= 15 is 0 Å². The minimum atomic E-state index is -3.14. The Morgan fingerprint density at radius 3 is 2.62 bits per heavy atom. The molecule has 3 aromatic rings. The summed E-state index contributed by atoms with van der Waals surface area (Å²) in [6, 6.07) is 9.21. The topological polar surface area (TPSA) is 178 Å². The molecular formula is C33H39N3O11S. The largest absolute Gasteiger partial charge is 0.487 e. The number of carbonyl (C=O) groups excluding carboxylic acids is 2. The number of amides is 2. The minimum absolute atomic E-state index is 0.00696. The Balaban J connectivity index is 1.21. The Kier molecular flexibility index (Phi) is 10.1. The van der Waals surface area contributed by atoms with Crippen LogP contribution in [0.1, 0.15) is 46.9 Å². The lowest BCUT2D eigenvalue weighted by atomic mass is 9.97. The van der Waals surface area contributed by atoms with Gasteiger partial charge in [-0.25, -0.2) is 9.78 Å². The number of benzene rings is 2. The molecule has 48 heavy (non-hydrogen) atoms. The normalized spacial score (nSPS) is 21.1. The number of aliphatic hydroxyl groups is 3. The fourth-order valence-electron chi connectivity index (χ4n) is 6.06. The van der Waals surface area contributed by atoms with Crippen molar-refractivity contribution in [3.63, 3.8) is 0 Å². The molecule has 4 heterocycles. The summed E-state index contributed by atoms with van der Waals surface area (Å²) in [5, 5.41) is 40.1. The van der Waals surface area contributed by atoms with Crippen LogP contribution in [-0.4, -0.2) is 93.7 Å². The molecule has 2 saturated heterocycles. The third-order valence-electron chi connectivity index (χ3n) is 8.47. The fraction of sp³-hybridized carbons (Fsp3) is 0.485. The second-order valence-corrected chi connectivity index (χ2v) is 13.2. The second-order valence-electron chi connectivity index (χ2n) is 12.2. The molecule has 14 nitrogen and oxygen atoms in total. The van der Waals surface area contributed by atoms with Crippen LogP contribution < -0.4 is 19.5 Å². The number of hydrogen-bond acceptors (Lipinski definition) is 13. The van der Waals surface area contributed by atoms with Gasteiger partial charge in [-0.05, 0) is 69.5 Å². The molecule has 5 unspecified atom stereocenters. The van der Waals surface area contributed by atoms with Gasteiger partial charge in [0.15, 0.2) is 17.8 Å². The average molecular weight is 686 g/mol. The highest BCUT2D eigenvalue weighted by molar-refractivity contribution is 7.09. The van der Waals surface area contributed by atoms with Gasteiger partial charge in [0.25, 0.3) is 11.8 Å². The lowest BCUT2D eigenvalue weighted by Gasteiger charge is -2.43. The zero-order chi connectivity index (χ0) is 34.0. The van der Waals surface area contributed by atoms with E-state index in [4.69, 9.17) is 28.4 Å². The molecule has 2 aromatic carbocycles. The van der Waals surface area contributed by atoms with Crippen LogP contribution in [-0.2, 0) is 27.2 Å². The van der Waals surface area contributed by atoms with Crippen molar-refractivity contribution in [2.24, 2.45) is 5.92 Å². The summed E-state index contributed by atoms with van der Waals surface area (Å²) in [5.41, 5.74) is 1.51. The third-order valence-corrected chi connectivity index (χ3v) is 9.29. The van der Waals surface area contributed by atoms with E-state index in [9.17, 15) is 24.9 Å². The zero-order valence-corrected chi connectivity index (χ0v) is 27.6. The molecule has 3 aliphatic rings.